The highest BCUT2D eigenvalue weighted by Crippen LogP contribution is 2.20. The Labute approximate surface area is 109 Å². The third-order valence-corrected chi connectivity index (χ3v) is 2.76. The molecule has 0 bridgehead atoms. The molecule has 1 aromatic heterocycles. The molecule has 5 heteroatoms. The smallest absolute Gasteiger partial charge is 0.371 e. The molecule has 0 saturated heterocycles. The number of nitrogens with one attached hydrogen (secondary N) is 1. The number of anilines is 1. The number of amides is 1. The highest BCUT2D eigenvalue weighted by molar-refractivity contribution is 6.03. The molecule has 98 valence electrons. The van der Waals surface area contributed by atoms with E-state index in [9.17, 15) is 9.59 Å². The van der Waals surface area contributed by atoms with Crippen LogP contribution < -0.4 is 5.32 Å². The van der Waals surface area contributed by atoms with Crippen molar-refractivity contribution in [1.29, 1.82) is 0 Å². The van der Waals surface area contributed by atoms with Crippen LogP contribution in [0.4, 0.5) is 5.69 Å². The molecule has 0 saturated carbocycles. The lowest BCUT2D eigenvalue weighted by atomic mass is 10.1. The van der Waals surface area contributed by atoms with Crippen molar-refractivity contribution >= 4 is 17.6 Å². The first-order chi connectivity index (χ1) is 8.99. The van der Waals surface area contributed by atoms with Crippen molar-refractivity contribution in [1.82, 2.24) is 0 Å². The van der Waals surface area contributed by atoms with Crippen LogP contribution in [0.25, 0.3) is 0 Å². The van der Waals surface area contributed by atoms with Crippen molar-refractivity contribution in [3.63, 3.8) is 0 Å². The minimum absolute atomic E-state index is 0.0277. The standard InChI is InChI=1S/C14H13NO4/c1-8-4-3-5-9(2)12(8)15-13(16)10-6-7-11(19-10)14(17)18/h3-7H,1-2H3,(H,15,16)(H,17,18). The van der Waals surface area contributed by atoms with Crippen LogP contribution in [0.1, 0.15) is 32.2 Å². The maximum Gasteiger partial charge on any atom is 0.371 e. The Balaban J connectivity index is 2.23. The van der Waals surface area contributed by atoms with Gasteiger partial charge >= 0.3 is 5.97 Å². The summed E-state index contributed by atoms with van der Waals surface area (Å²) in [7, 11) is 0. The fourth-order valence-electron chi connectivity index (χ4n) is 1.76. The average molecular weight is 259 g/mol. The Morgan fingerprint density at radius 3 is 2.16 bits per heavy atom. The molecule has 0 radical (unpaired) electrons. The van der Waals surface area contributed by atoms with Crippen molar-refractivity contribution in [3.8, 4) is 0 Å². The Hall–Kier alpha value is -2.56. The molecule has 2 aromatic rings. The van der Waals surface area contributed by atoms with Crippen LogP contribution in [0.2, 0.25) is 0 Å². The SMILES string of the molecule is Cc1cccc(C)c1NC(=O)c1ccc(C(=O)O)o1. The van der Waals surface area contributed by atoms with E-state index >= 15 is 0 Å². The molecule has 0 unspecified atom stereocenters. The number of carbonyl (C=O) groups is 2. The normalized spacial score (nSPS) is 10.2. The number of carbonyl (C=O) groups excluding carboxylic acids is 1. The van der Waals surface area contributed by atoms with Crippen molar-refractivity contribution in [3.05, 3.63) is 53.0 Å². The van der Waals surface area contributed by atoms with Crippen LogP contribution in [0.3, 0.4) is 0 Å². The van der Waals surface area contributed by atoms with Gasteiger partial charge in [-0.25, -0.2) is 4.79 Å². The predicted octanol–water partition coefficient (Wildman–Crippen LogP) is 2.85. The summed E-state index contributed by atoms with van der Waals surface area (Å²) in [6.45, 7) is 3.76. The van der Waals surface area contributed by atoms with E-state index in [2.05, 4.69) is 5.32 Å². The summed E-state index contributed by atoms with van der Waals surface area (Å²) in [5.41, 5.74) is 2.57. The van der Waals surface area contributed by atoms with E-state index in [-0.39, 0.29) is 11.5 Å². The van der Waals surface area contributed by atoms with E-state index in [0.29, 0.717) is 5.69 Å². The van der Waals surface area contributed by atoms with Crippen LogP contribution >= 0.6 is 0 Å². The number of rotatable bonds is 3. The summed E-state index contributed by atoms with van der Waals surface area (Å²) in [6.07, 6.45) is 0. The van der Waals surface area contributed by atoms with Crippen LogP contribution in [-0.2, 0) is 0 Å². The van der Waals surface area contributed by atoms with Crippen molar-refractivity contribution in [2.75, 3.05) is 5.32 Å². The number of carboxylic acids is 1. The lowest BCUT2D eigenvalue weighted by Gasteiger charge is -2.10. The summed E-state index contributed by atoms with van der Waals surface area (Å²) in [6, 6.07) is 8.25. The van der Waals surface area contributed by atoms with Gasteiger partial charge in [0.05, 0.1) is 0 Å². The van der Waals surface area contributed by atoms with Crippen LogP contribution in [0, 0.1) is 13.8 Å². The molecule has 0 fully saturated rings. The lowest BCUT2D eigenvalue weighted by Crippen LogP contribution is -2.13. The first-order valence-electron chi connectivity index (χ1n) is 5.69. The fourth-order valence-corrected chi connectivity index (χ4v) is 1.76. The van der Waals surface area contributed by atoms with E-state index in [1.54, 1.807) is 0 Å². The molecule has 0 aliphatic carbocycles. The van der Waals surface area contributed by atoms with Gasteiger partial charge in [0.15, 0.2) is 5.76 Å². The summed E-state index contributed by atoms with van der Waals surface area (Å²) in [5, 5.41) is 11.5. The molecule has 2 N–H and O–H groups in total. The molecular formula is C14H13NO4. The molecular weight excluding hydrogens is 246 g/mol. The zero-order valence-corrected chi connectivity index (χ0v) is 10.6. The number of furan rings is 1. The molecule has 5 nitrogen and oxygen atoms in total. The first-order valence-corrected chi connectivity index (χ1v) is 5.69. The molecule has 2 rings (SSSR count). The van der Waals surface area contributed by atoms with Crippen LogP contribution in [0.15, 0.2) is 34.7 Å². The minimum atomic E-state index is -1.20. The maximum atomic E-state index is 12.0. The van der Waals surface area contributed by atoms with E-state index in [0.717, 1.165) is 11.1 Å². The van der Waals surface area contributed by atoms with Crippen LogP contribution in [0.5, 0.6) is 0 Å². The summed E-state index contributed by atoms with van der Waals surface area (Å²) in [5.74, 6) is -1.96. The minimum Gasteiger partial charge on any atom is -0.475 e. The molecule has 0 aliphatic heterocycles. The first kappa shape index (κ1) is 12.9. The van der Waals surface area contributed by atoms with Gasteiger partial charge in [0.2, 0.25) is 5.76 Å². The van der Waals surface area contributed by atoms with Gasteiger partial charge in [0.1, 0.15) is 0 Å². The number of carboxylic acid groups (broad SMARTS) is 1. The predicted molar refractivity (Wildman–Crippen MR) is 69.5 cm³/mol. The van der Waals surface area contributed by atoms with E-state index in [4.69, 9.17) is 9.52 Å². The average Bonchev–Trinajstić information content (AvgIpc) is 2.83. The van der Waals surface area contributed by atoms with Gasteiger partial charge in [0.25, 0.3) is 5.91 Å². The molecule has 0 atom stereocenters. The van der Waals surface area contributed by atoms with Gasteiger partial charge in [-0.2, -0.15) is 0 Å². The van der Waals surface area contributed by atoms with Gasteiger partial charge in [-0.1, -0.05) is 18.2 Å². The maximum absolute atomic E-state index is 12.0. The second kappa shape index (κ2) is 4.97. The van der Waals surface area contributed by atoms with Crippen molar-refractivity contribution in [2.24, 2.45) is 0 Å². The molecule has 1 heterocycles. The number of aryl methyl sites for hydroxylation is 2. The van der Waals surface area contributed by atoms with E-state index in [1.807, 2.05) is 32.0 Å². The second-order valence-electron chi connectivity index (χ2n) is 4.19. The highest BCUT2D eigenvalue weighted by Gasteiger charge is 2.16. The number of aromatic carboxylic acids is 1. The topological polar surface area (TPSA) is 79.5 Å². The van der Waals surface area contributed by atoms with Gasteiger partial charge in [-0.15, -0.1) is 0 Å². The van der Waals surface area contributed by atoms with Crippen LogP contribution in [-0.4, -0.2) is 17.0 Å². The summed E-state index contributed by atoms with van der Waals surface area (Å²) < 4.78 is 4.95. The zero-order chi connectivity index (χ0) is 14.0. The monoisotopic (exact) mass is 259 g/mol. The molecule has 1 aromatic carbocycles. The van der Waals surface area contributed by atoms with Gasteiger partial charge < -0.3 is 14.8 Å². The zero-order valence-electron chi connectivity index (χ0n) is 10.6. The Kier molecular flexibility index (Phi) is 3.37. The number of benzene rings is 1. The fraction of sp³-hybridized carbons (Fsp3) is 0.143. The largest absolute Gasteiger partial charge is 0.475 e. The summed E-state index contributed by atoms with van der Waals surface area (Å²) in [4.78, 5) is 22.6. The second-order valence-corrected chi connectivity index (χ2v) is 4.19. The summed E-state index contributed by atoms with van der Waals surface area (Å²) >= 11 is 0. The van der Waals surface area contributed by atoms with E-state index < -0.39 is 11.9 Å². The lowest BCUT2D eigenvalue weighted by molar-refractivity contribution is 0.0660. The number of hydrogen-bond donors (Lipinski definition) is 2. The Morgan fingerprint density at radius 1 is 1.05 bits per heavy atom. The third kappa shape index (κ3) is 2.65. The van der Waals surface area contributed by atoms with Gasteiger partial charge in [0, 0.05) is 5.69 Å². The molecule has 19 heavy (non-hydrogen) atoms. The number of hydrogen-bond acceptors (Lipinski definition) is 3. The van der Waals surface area contributed by atoms with Gasteiger partial charge in [-0.05, 0) is 37.1 Å². The molecule has 0 spiro atoms. The molecule has 1 amide bonds. The van der Waals surface area contributed by atoms with Crippen molar-refractivity contribution < 1.29 is 19.1 Å². The molecule has 0 aliphatic rings. The third-order valence-electron chi connectivity index (χ3n) is 2.76. The van der Waals surface area contributed by atoms with E-state index in [1.165, 1.54) is 12.1 Å². The quantitative estimate of drug-likeness (QED) is 0.888. The Morgan fingerprint density at radius 2 is 1.63 bits per heavy atom. The Bertz CT molecular complexity index is 622. The number of para-hydroxylation sites is 1. The van der Waals surface area contributed by atoms with Gasteiger partial charge in [-0.3, -0.25) is 4.79 Å². The van der Waals surface area contributed by atoms with Crippen molar-refractivity contribution in [2.45, 2.75) is 13.8 Å². The highest BCUT2D eigenvalue weighted by atomic mass is 16.4.